The molecule has 7 heteroatoms. The van der Waals surface area contributed by atoms with E-state index in [-0.39, 0.29) is 0 Å². The lowest BCUT2D eigenvalue weighted by molar-refractivity contribution is 0.580. The molecule has 0 aliphatic heterocycles. The number of rotatable bonds is 2. The number of benzene rings is 1. The molecule has 0 bridgehead atoms. The van der Waals surface area contributed by atoms with Crippen LogP contribution in [0.25, 0.3) is 17.1 Å². The van der Waals surface area contributed by atoms with Crippen molar-refractivity contribution in [2.24, 2.45) is 0 Å². The number of tetrazole rings is 1. The molecule has 3 rings (SSSR count). The van der Waals surface area contributed by atoms with Gasteiger partial charge in [0.2, 0.25) is 11.8 Å². The monoisotopic (exact) mass is 266 g/mol. The second-order valence-corrected chi connectivity index (χ2v) is 3.93. The predicted octanol–water partition coefficient (Wildman–Crippen LogP) is 1.74. The van der Waals surface area contributed by atoms with Gasteiger partial charge < -0.3 is 0 Å². The highest BCUT2D eigenvalue weighted by atomic mass is 19.1. The Kier molecular flexibility index (Phi) is 2.89. The predicted molar refractivity (Wildman–Crippen MR) is 67.1 cm³/mol. The van der Waals surface area contributed by atoms with Crippen molar-refractivity contribution in [2.45, 2.75) is 0 Å². The van der Waals surface area contributed by atoms with E-state index in [4.69, 9.17) is 5.26 Å². The van der Waals surface area contributed by atoms with Crippen LogP contribution in [0.4, 0.5) is 4.39 Å². The van der Waals surface area contributed by atoms with Crippen molar-refractivity contribution in [2.75, 3.05) is 0 Å². The van der Waals surface area contributed by atoms with E-state index in [9.17, 15) is 4.39 Å². The highest BCUT2D eigenvalue weighted by Gasteiger charge is 2.08. The average Bonchev–Trinajstić information content (AvgIpc) is 2.98. The third-order valence-corrected chi connectivity index (χ3v) is 2.61. The maximum absolute atomic E-state index is 12.7. The smallest absolute Gasteiger partial charge is 0.212 e. The molecule has 0 N–H and O–H groups in total. The fourth-order valence-electron chi connectivity index (χ4n) is 1.65. The second kappa shape index (κ2) is 4.85. The summed E-state index contributed by atoms with van der Waals surface area (Å²) in [7, 11) is 0. The standard InChI is InChI=1S/C13H7FN6/c14-12-5-4-11(8-16-12)20-18-13(17-19-20)10-3-1-2-9(6-10)7-15/h1-6,8H. The molecular formula is C13H7FN6. The molecule has 0 spiro atoms. The van der Waals surface area contributed by atoms with Crippen LogP contribution in [-0.4, -0.2) is 25.2 Å². The number of nitriles is 1. The summed E-state index contributed by atoms with van der Waals surface area (Å²) < 4.78 is 12.7. The number of halogens is 1. The topological polar surface area (TPSA) is 80.3 Å². The van der Waals surface area contributed by atoms with Gasteiger partial charge in [-0.25, -0.2) is 4.98 Å². The van der Waals surface area contributed by atoms with Crippen LogP contribution in [0.1, 0.15) is 5.56 Å². The Morgan fingerprint density at radius 1 is 1.20 bits per heavy atom. The van der Waals surface area contributed by atoms with Crippen LogP contribution in [0.5, 0.6) is 0 Å². The molecule has 0 fully saturated rings. The molecule has 0 aliphatic carbocycles. The van der Waals surface area contributed by atoms with Crippen molar-refractivity contribution in [3.63, 3.8) is 0 Å². The number of aromatic nitrogens is 5. The first kappa shape index (κ1) is 11.9. The van der Waals surface area contributed by atoms with E-state index < -0.39 is 5.95 Å². The lowest BCUT2D eigenvalue weighted by Crippen LogP contribution is -2.00. The summed E-state index contributed by atoms with van der Waals surface area (Å²) in [5.41, 5.74) is 1.70. The number of pyridine rings is 1. The second-order valence-electron chi connectivity index (χ2n) is 3.93. The van der Waals surface area contributed by atoms with Gasteiger partial charge in [-0.3, -0.25) is 0 Å². The highest BCUT2D eigenvalue weighted by Crippen LogP contribution is 2.15. The first-order valence-corrected chi connectivity index (χ1v) is 5.69. The average molecular weight is 266 g/mol. The Labute approximate surface area is 113 Å². The molecule has 0 amide bonds. The summed E-state index contributed by atoms with van der Waals surface area (Å²) in [6, 6.07) is 11.7. The fourth-order valence-corrected chi connectivity index (χ4v) is 1.65. The first-order valence-electron chi connectivity index (χ1n) is 5.69. The van der Waals surface area contributed by atoms with Gasteiger partial charge in [-0.15, -0.1) is 15.0 Å². The molecule has 0 unspecified atom stereocenters. The maximum Gasteiger partial charge on any atom is 0.212 e. The molecule has 0 saturated carbocycles. The third kappa shape index (κ3) is 2.22. The van der Waals surface area contributed by atoms with Gasteiger partial charge in [0, 0.05) is 5.56 Å². The molecule has 2 aromatic heterocycles. The van der Waals surface area contributed by atoms with Crippen LogP contribution in [0.15, 0.2) is 42.6 Å². The van der Waals surface area contributed by atoms with Crippen molar-refractivity contribution < 1.29 is 4.39 Å². The third-order valence-electron chi connectivity index (χ3n) is 2.61. The molecular weight excluding hydrogens is 259 g/mol. The molecule has 6 nitrogen and oxygen atoms in total. The summed E-state index contributed by atoms with van der Waals surface area (Å²) in [6.45, 7) is 0. The maximum atomic E-state index is 12.7. The van der Waals surface area contributed by atoms with Crippen LogP contribution in [0, 0.1) is 17.3 Å². The molecule has 1 aromatic carbocycles. The Morgan fingerprint density at radius 2 is 2.10 bits per heavy atom. The van der Waals surface area contributed by atoms with Gasteiger partial charge in [0.05, 0.1) is 17.8 Å². The summed E-state index contributed by atoms with van der Waals surface area (Å²) in [6.07, 6.45) is 1.31. The van der Waals surface area contributed by atoms with Gasteiger partial charge in [0.1, 0.15) is 5.69 Å². The Bertz CT molecular complexity index is 787. The van der Waals surface area contributed by atoms with Gasteiger partial charge in [-0.1, -0.05) is 12.1 Å². The van der Waals surface area contributed by atoms with E-state index in [0.717, 1.165) is 0 Å². The summed E-state index contributed by atoms with van der Waals surface area (Å²) in [5.74, 6) is -0.192. The van der Waals surface area contributed by atoms with Crippen LogP contribution in [0.2, 0.25) is 0 Å². The molecule has 0 atom stereocenters. The lowest BCUT2D eigenvalue weighted by Gasteiger charge is -1.96. The van der Waals surface area contributed by atoms with E-state index >= 15 is 0 Å². The van der Waals surface area contributed by atoms with E-state index in [1.807, 2.05) is 6.07 Å². The summed E-state index contributed by atoms with van der Waals surface area (Å²) >= 11 is 0. The van der Waals surface area contributed by atoms with E-state index in [0.29, 0.717) is 22.6 Å². The quantitative estimate of drug-likeness (QED) is 0.660. The minimum atomic E-state index is -0.573. The van der Waals surface area contributed by atoms with E-state index in [1.165, 1.54) is 23.1 Å². The van der Waals surface area contributed by atoms with Crippen molar-refractivity contribution in [3.05, 3.63) is 54.1 Å². The molecule has 3 aromatic rings. The Balaban J connectivity index is 1.97. The lowest BCUT2D eigenvalue weighted by atomic mass is 10.1. The minimum Gasteiger partial charge on any atom is -0.226 e. The molecule has 0 radical (unpaired) electrons. The van der Waals surface area contributed by atoms with E-state index in [2.05, 4.69) is 20.4 Å². The van der Waals surface area contributed by atoms with Crippen LogP contribution in [0.3, 0.4) is 0 Å². The zero-order valence-electron chi connectivity index (χ0n) is 10.1. The molecule has 20 heavy (non-hydrogen) atoms. The zero-order valence-corrected chi connectivity index (χ0v) is 10.1. The number of hydrogen-bond donors (Lipinski definition) is 0. The van der Waals surface area contributed by atoms with Gasteiger partial charge >= 0.3 is 0 Å². The van der Waals surface area contributed by atoms with E-state index in [1.54, 1.807) is 24.3 Å². The van der Waals surface area contributed by atoms with Crippen LogP contribution < -0.4 is 0 Å². The largest absolute Gasteiger partial charge is 0.226 e. The molecule has 0 aliphatic rings. The van der Waals surface area contributed by atoms with Crippen molar-refractivity contribution in [1.82, 2.24) is 25.2 Å². The van der Waals surface area contributed by atoms with Gasteiger partial charge in [0.15, 0.2) is 0 Å². The minimum absolute atomic E-state index is 0.381. The normalized spacial score (nSPS) is 10.2. The summed E-state index contributed by atoms with van der Waals surface area (Å²) in [5, 5.41) is 20.8. The van der Waals surface area contributed by atoms with Crippen LogP contribution in [-0.2, 0) is 0 Å². The number of nitrogens with zero attached hydrogens (tertiary/aromatic N) is 6. The Morgan fingerprint density at radius 3 is 2.85 bits per heavy atom. The van der Waals surface area contributed by atoms with Crippen molar-refractivity contribution in [1.29, 1.82) is 5.26 Å². The first-order chi connectivity index (χ1) is 9.76. The van der Waals surface area contributed by atoms with Gasteiger partial charge in [-0.05, 0) is 29.5 Å². The number of hydrogen-bond acceptors (Lipinski definition) is 5. The molecule has 2 heterocycles. The zero-order chi connectivity index (χ0) is 13.9. The van der Waals surface area contributed by atoms with Crippen LogP contribution >= 0.6 is 0 Å². The van der Waals surface area contributed by atoms with Gasteiger partial charge in [0.25, 0.3) is 0 Å². The van der Waals surface area contributed by atoms with Crippen molar-refractivity contribution >= 4 is 0 Å². The molecule has 0 saturated heterocycles. The van der Waals surface area contributed by atoms with Gasteiger partial charge in [-0.2, -0.15) is 9.65 Å². The fraction of sp³-hybridized carbons (Fsp3) is 0. The SMILES string of the molecule is N#Cc1cccc(-c2nnn(-c3ccc(F)nc3)n2)c1. The van der Waals surface area contributed by atoms with Crippen molar-refractivity contribution in [3.8, 4) is 23.1 Å². The highest BCUT2D eigenvalue weighted by molar-refractivity contribution is 5.57. The summed E-state index contributed by atoms with van der Waals surface area (Å²) in [4.78, 5) is 4.78. The molecule has 96 valence electrons. The Hall–Kier alpha value is -3.14.